The van der Waals surface area contributed by atoms with E-state index in [0.29, 0.717) is 11.6 Å². The molecule has 2 aromatic heterocycles. The lowest BCUT2D eigenvalue weighted by Gasteiger charge is -2.14. The quantitative estimate of drug-likeness (QED) is 0.886. The predicted octanol–water partition coefficient (Wildman–Crippen LogP) is 3.30. The molecule has 2 aromatic rings. The number of pyridine rings is 1. The molecule has 7 heteroatoms. The number of nitrogens with zero attached hydrogens (tertiary/aromatic N) is 2. The summed E-state index contributed by atoms with van der Waals surface area (Å²) in [6.07, 6.45) is 0.897. The van der Waals surface area contributed by atoms with Gasteiger partial charge < -0.3 is 10.1 Å². The number of aromatic nitrogens is 2. The van der Waals surface area contributed by atoms with E-state index in [1.807, 2.05) is 25.3 Å². The normalized spacial score (nSPS) is 11.8. The summed E-state index contributed by atoms with van der Waals surface area (Å²) in [7, 11) is 1.54. The minimum atomic E-state index is -0.338. The molecule has 0 aliphatic rings. The van der Waals surface area contributed by atoms with Crippen LogP contribution < -0.4 is 15.4 Å². The van der Waals surface area contributed by atoms with Crippen molar-refractivity contribution in [2.24, 2.45) is 0 Å². The van der Waals surface area contributed by atoms with E-state index >= 15 is 0 Å². The second kappa shape index (κ2) is 7.22. The Morgan fingerprint density at radius 3 is 2.82 bits per heavy atom. The van der Waals surface area contributed by atoms with E-state index in [4.69, 9.17) is 4.74 Å². The number of rotatable bonds is 5. The third-order valence-electron chi connectivity index (χ3n) is 3.11. The summed E-state index contributed by atoms with van der Waals surface area (Å²) in [5.41, 5.74) is 1.66. The largest absolute Gasteiger partial charge is 0.493 e. The van der Waals surface area contributed by atoms with Crippen molar-refractivity contribution >= 4 is 23.2 Å². The van der Waals surface area contributed by atoms with E-state index < -0.39 is 0 Å². The van der Waals surface area contributed by atoms with Gasteiger partial charge in [-0.3, -0.25) is 5.32 Å². The Kier molecular flexibility index (Phi) is 5.32. The third kappa shape index (κ3) is 3.94. The van der Waals surface area contributed by atoms with Crippen LogP contribution in [0.25, 0.3) is 0 Å². The molecule has 0 radical (unpaired) electrons. The average molecular weight is 320 g/mol. The Labute approximate surface area is 133 Å². The summed E-state index contributed by atoms with van der Waals surface area (Å²) in [5, 5.41) is 8.59. The first kappa shape index (κ1) is 16.2. The second-order valence-electron chi connectivity index (χ2n) is 4.84. The maximum atomic E-state index is 12.1. The van der Waals surface area contributed by atoms with Crippen molar-refractivity contribution in [1.29, 1.82) is 0 Å². The van der Waals surface area contributed by atoms with Gasteiger partial charge in [0.25, 0.3) is 0 Å². The number of thiazole rings is 1. The van der Waals surface area contributed by atoms with Gasteiger partial charge >= 0.3 is 6.03 Å². The number of carbonyl (C=O) groups excluding carboxylic acids is 1. The third-order valence-corrected chi connectivity index (χ3v) is 4.12. The van der Waals surface area contributed by atoms with Crippen LogP contribution in [0.2, 0.25) is 0 Å². The number of nitrogens with one attached hydrogen (secondary N) is 2. The first-order valence-electron chi connectivity index (χ1n) is 7.07. The number of anilines is 1. The lowest BCUT2D eigenvalue weighted by atomic mass is 10.2. The molecule has 2 N–H and O–H groups in total. The molecule has 2 amide bonds. The van der Waals surface area contributed by atoms with Crippen LogP contribution in [-0.2, 0) is 6.42 Å². The van der Waals surface area contributed by atoms with Gasteiger partial charge in [0, 0.05) is 11.1 Å². The van der Waals surface area contributed by atoms with Crippen LogP contribution in [-0.4, -0.2) is 23.1 Å². The minimum absolute atomic E-state index is 0.174. The van der Waals surface area contributed by atoms with E-state index in [1.54, 1.807) is 24.5 Å². The molecule has 0 aliphatic heterocycles. The topological polar surface area (TPSA) is 76.1 Å². The highest BCUT2D eigenvalue weighted by Crippen LogP contribution is 2.22. The first-order valence-corrected chi connectivity index (χ1v) is 7.95. The molecule has 0 fully saturated rings. The van der Waals surface area contributed by atoms with E-state index in [0.717, 1.165) is 22.8 Å². The van der Waals surface area contributed by atoms with Crippen LogP contribution in [0.3, 0.4) is 0 Å². The lowest BCUT2D eigenvalue weighted by molar-refractivity contribution is 0.249. The number of ether oxygens (including phenoxy) is 1. The molecule has 118 valence electrons. The molecule has 0 saturated heterocycles. The Balaban J connectivity index is 2.02. The van der Waals surface area contributed by atoms with E-state index in [9.17, 15) is 4.79 Å². The van der Waals surface area contributed by atoms with Gasteiger partial charge in [0.2, 0.25) is 0 Å². The molecule has 0 saturated carbocycles. The molecule has 0 spiro atoms. The van der Waals surface area contributed by atoms with Crippen LogP contribution in [0.5, 0.6) is 5.75 Å². The molecule has 0 aliphatic carbocycles. The van der Waals surface area contributed by atoms with Gasteiger partial charge in [-0.1, -0.05) is 6.92 Å². The SMILES string of the molecule is CCc1nc(C(C)NC(=O)Nc2nc(C)ccc2OC)cs1. The van der Waals surface area contributed by atoms with Gasteiger partial charge in [-0.25, -0.2) is 14.8 Å². The molecule has 2 heterocycles. The zero-order chi connectivity index (χ0) is 16.1. The molecule has 0 bridgehead atoms. The maximum absolute atomic E-state index is 12.1. The van der Waals surface area contributed by atoms with Crippen molar-refractivity contribution in [3.05, 3.63) is 33.9 Å². The number of aryl methyl sites for hydroxylation is 2. The van der Waals surface area contributed by atoms with Crippen LogP contribution in [0.4, 0.5) is 10.6 Å². The molecule has 1 atom stereocenters. The summed E-state index contributed by atoms with van der Waals surface area (Å²) in [6, 6.07) is 3.09. The van der Waals surface area contributed by atoms with Gasteiger partial charge in [0.1, 0.15) is 0 Å². The fourth-order valence-electron chi connectivity index (χ4n) is 1.90. The number of methoxy groups -OCH3 is 1. The Morgan fingerprint density at radius 2 is 2.18 bits per heavy atom. The molecular formula is C15H20N4O2S. The van der Waals surface area contributed by atoms with Crippen molar-refractivity contribution in [3.63, 3.8) is 0 Å². The van der Waals surface area contributed by atoms with Crippen LogP contribution >= 0.6 is 11.3 Å². The van der Waals surface area contributed by atoms with Gasteiger partial charge in [-0.15, -0.1) is 11.3 Å². The van der Waals surface area contributed by atoms with Crippen molar-refractivity contribution in [1.82, 2.24) is 15.3 Å². The minimum Gasteiger partial charge on any atom is -0.493 e. The van der Waals surface area contributed by atoms with Gasteiger partial charge in [0.05, 0.1) is 23.9 Å². The molecule has 22 heavy (non-hydrogen) atoms. The Bertz CT molecular complexity index is 657. The van der Waals surface area contributed by atoms with E-state index in [2.05, 4.69) is 27.5 Å². The standard InChI is InChI=1S/C15H20N4O2S/c1-5-13-18-11(8-22-13)10(3)17-15(20)19-14-12(21-4)7-6-9(2)16-14/h6-8,10H,5H2,1-4H3,(H2,16,17,19,20). The maximum Gasteiger partial charge on any atom is 0.321 e. The second-order valence-corrected chi connectivity index (χ2v) is 5.79. The van der Waals surface area contributed by atoms with Crippen LogP contribution in [0, 0.1) is 6.92 Å². The fourth-order valence-corrected chi connectivity index (χ4v) is 2.74. The summed E-state index contributed by atoms with van der Waals surface area (Å²) in [4.78, 5) is 20.9. The molecule has 0 aromatic carbocycles. The smallest absolute Gasteiger partial charge is 0.321 e. The van der Waals surface area contributed by atoms with Crippen LogP contribution in [0.1, 0.15) is 36.3 Å². The summed E-state index contributed by atoms with van der Waals surface area (Å²) < 4.78 is 5.19. The summed E-state index contributed by atoms with van der Waals surface area (Å²) in [6.45, 7) is 5.81. The van der Waals surface area contributed by atoms with Crippen molar-refractivity contribution in [2.75, 3.05) is 12.4 Å². The number of amides is 2. The van der Waals surface area contributed by atoms with Gasteiger partial charge in [-0.05, 0) is 32.4 Å². The number of urea groups is 1. The lowest BCUT2D eigenvalue weighted by Crippen LogP contribution is -2.31. The highest BCUT2D eigenvalue weighted by Gasteiger charge is 2.14. The van der Waals surface area contributed by atoms with E-state index in [-0.39, 0.29) is 12.1 Å². The zero-order valence-electron chi connectivity index (χ0n) is 13.1. The highest BCUT2D eigenvalue weighted by molar-refractivity contribution is 7.09. The first-order chi connectivity index (χ1) is 10.5. The monoisotopic (exact) mass is 320 g/mol. The van der Waals surface area contributed by atoms with Crippen molar-refractivity contribution in [3.8, 4) is 5.75 Å². The number of hydrogen-bond acceptors (Lipinski definition) is 5. The Hall–Kier alpha value is -2.15. The molecule has 6 nitrogen and oxygen atoms in total. The Morgan fingerprint density at radius 1 is 1.41 bits per heavy atom. The van der Waals surface area contributed by atoms with Crippen molar-refractivity contribution < 1.29 is 9.53 Å². The predicted molar refractivity (Wildman–Crippen MR) is 87.6 cm³/mol. The highest BCUT2D eigenvalue weighted by atomic mass is 32.1. The summed E-state index contributed by atoms with van der Waals surface area (Å²) in [5.74, 6) is 0.926. The van der Waals surface area contributed by atoms with Gasteiger partial charge in [-0.2, -0.15) is 0 Å². The average Bonchev–Trinajstić information content (AvgIpc) is 2.96. The van der Waals surface area contributed by atoms with Crippen LogP contribution in [0.15, 0.2) is 17.5 Å². The molecular weight excluding hydrogens is 300 g/mol. The fraction of sp³-hybridized carbons (Fsp3) is 0.400. The van der Waals surface area contributed by atoms with Gasteiger partial charge in [0.15, 0.2) is 11.6 Å². The molecule has 1 unspecified atom stereocenters. The number of carbonyl (C=O) groups is 1. The van der Waals surface area contributed by atoms with Crippen molar-refractivity contribution in [2.45, 2.75) is 33.2 Å². The van der Waals surface area contributed by atoms with E-state index in [1.165, 1.54) is 0 Å². The molecule has 2 rings (SSSR count). The summed E-state index contributed by atoms with van der Waals surface area (Å²) >= 11 is 1.60. The number of hydrogen-bond donors (Lipinski definition) is 2. The zero-order valence-corrected chi connectivity index (χ0v) is 14.0.